The molecule has 1 aromatic heterocycles. The molecule has 2 rings (SSSR count). The average Bonchev–Trinajstić information content (AvgIpc) is 2.59. The topological polar surface area (TPSA) is 55.9 Å². The molecule has 0 bridgehead atoms. The van der Waals surface area contributed by atoms with Crippen molar-refractivity contribution < 1.29 is 0 Å². The van der Waals surface area contributed by atoms with Gasteiger partial charge in [-0.1, -0.05) is 20.8 Å². The quantitative estimate of drug-likeness (QED) is 0.867. The number of nitrogens with two attached hydrogens (primary N) is 1. The molecule has 1 aromatic rings. The van der Waals surface area contributed by atoms with Crippen LogP contribution in [0.5, 0.6) is 0 Å². The van der Waals surface area contributed by atoms with E-state index in [1.165, 1.54) is 25.7 Å². The van der Waals surface area contributed by atoms with Crippen molar-refractivity contribution in [3.8, 4) is 0 Å². The van der Waals surface area contributed by atoms with Crippen molar-refractivity contribution in [3.05, 3.63) is 5.69 Å². The molecule has 1 aliphatic carbocycles. The second-order valence-electron chi connectivity index (χ2n) is 6.27. The van der Waals surface area contributed by atoms with Crippen LogP contribution in [0.2, 0.25) is 0 Å². The Morgan fingerprint density at radius 3 is 2.50 bits per heavy atom. The van der Waals surface area contributed by atoms with Gasteiger partial charge in [0.2, 0.25) is 0 Å². The molecule has 0 amide bonds. The molecule has 1 heterocycles. The lowest BCUT2D eigenvalue weighted by Crippen LogP contribution is -2.30. The lowest BCUT2D eigenvalue weighted by atomic mass is 9.75. The van der Waals surface area contributed by atoms with Gasteiger partial charge >= 0.3 is 0 Å². The number of aryl methyl sites for hydroxylation is 2. The van der Waals surface area contributed by atoms with Crippen molar-refractivity contribution in [1.29, 1.82) is 0 Å². The minimum Gasteiger partial charge on any atom is -0.394 e. The minimum atomic E-state index is 0.505. The maximum absolute atomic E-state index is 6.14. The Hall–Kier alpha value is -1.19. The molecule has 0 unspecified atom stereocenters. The first-order valence-corrected chi connectivity index (χ1v) is 7.01. The van der Waals surface area contributed by atoms with Gasteiger partial charge in [-0.15, -0.1) is 0 Å². The van der Waals surface area contributed by atoms with Crippen LogP contribution in [0.3, 0.4) is 0 Å². The van der Waals surface area contributed by atoms with Crippen molar-refractivity contribution in [2.24, 2.45) is 12.5 Å². The molecule has 0 aliphatic heterocycles. The third-order valence-corrected chi connectivity index (χ3v) is 4.18. The summed E-state index contributed by atoms with van der Waals surface area (Å²) >= 11 is 0. The minimum absolute atomic E-state index is 0.505. The maximum atomic E-state index is 6.14. The first-order valence-electron chi connectivity index (χ1n) is 7.01. The predicted molar refractivity (Wildman–Crippen MR) is 76.7 cm³/mol. The van der Waals surface area contributed by atoms with E-state index in [2.05, 4.69) is 31.2 Å². The van der Waals surface area contributed by atoms with E-state index in [-0.39, 0.29) is 0 Å². The molecule has 0 aromatic carbocycles. The number of nitrogens with one attached hydrogen (secondary N) is 1. The van der Waals surface area contributed by atoms with Gasteiger partial charge in [0.05, 0.1) is 11.4 Å². The zero-order valence-electron chi connectivity index (χ0n) is 12.1. The molecule has 1 fully saturated rings. The van der Waals surface area contributed by atoms with E-state index in [0.29, 0.717) is 11.5 Å². The van der Waals surface area contributed by atoms with E-state index in [9.17, 15) is 0 Å². The summed E-state index contributed by atoms with van der Waals surface area (Å²) in [6, 6.07) is 0.542. The monoisotopic (exact) mass is 250 g/mol. The fourth-order valence-corrected chi connectivity index (χ4v) is 2.77. The molecule has 0 spiro atoms. The van der Waals surface area contributed by atoms with Gasteiger partial charge in [0.1, 0.15) is 5.82 Å². The summed E-state index contributed by atoms with van der Waals surface area (Å²) in [6.07, 6.45) is 5.89. The Balaban J connectivity index is 2.04. The summed E-state index contributed by atoms with van der Waals surface area (Å²) in [5.74, 6) is 0.997. The fourth-order valence-electron chi connectivity index (χ4n) is 2.77. The summed E-state index contributed by atoms with van der Waals surface area (Å²) in [5, 5.41) is 8.04. The molecule has 0 atom stereocenters. The highest BCUT2D eigenvalue weighted by atomic mass is 15.3. The lowest BCUT2D eigenvalue weighted by molar-refractivity contribution is 0.232. The van der Waals surface area contributed by atoms with Crippen LogP contribution in [0, 0.1) is 5.41 Å². The van der Waals surface area contributed by atoms with Crippen LogP contribution in [0.4, 0.5) is 11.5 Å². The molecule has 18 heavy (non-hydrogen) atoms. The molecule has 4 nitrogen and oxygen atoms in total. The number of aromatic nitrogens is 2. The van der Waals surface area contributed by atoms with E-state index < -0.39 is 0 Å². The van der Waals surface area contributed by atoms with Crippen LogP contribution < -0.4 is 11.1 Å². The lowest BCUT2D eigenvalue weighted by Gasteiger charge is -2.35. The first-order chi connectivity index (χ1) is 8.43. The van der Waals surface area contributed by atoms with Gasteiger partial charge in [-0.3, -0.25) is 4.68 Å². The molecular weight excluding hydrogens is 224 g/mol. The van der Waals surface area contributed by atoms with Crippen LogP contribution in [-0.4, -0.2) is 15.8 Å². The maximum Gasteiger partial charge on any atom is 0.147 e. The van der Waals surface area contributed by atoms with E-state index in [0.717, 1.165) is 23.6 Å². The standard InChI is InChI=1S/C14H26N4/c1-5-11-12(15)13(18(4)17-11)16-10-6-8-14(2,3)9-7-10/h10,16H,5-9,15H2,1-4H3. The zero-order valence-corrected chi connectivity index (χ0v) is 12.1. The van der Waals surface area contributed by atoms with Crippen molar-refractivity contribution in [2.75, 3.05) is 11.1 Å². The van der Waals surface area contributed by atoms with E-state index in [4.69, 9.17) is 5.73 Å². The Bertz CT molecular complexity index is 410. The van der Waals surface area contributed by atoms with Gasteiger partial charge in [-0.2, -0.15) is 5.10 Å². The van der Waals surface area contributed by atoms with Crippen molar-refractivity contribution in [1.82, 2.24) is 9.78 Å². The van der Waals surface area contributed by atoms with Gasteiger partial charge in [0.25, 0.3) is 0 Å². The summed E-state index contributed by atoms with van der Waals surface area (Å²) in [5.41, 5.74) is 8.46. The van der Waals surface area contributed by atoms with Crippen LogP contribution >= 0.6 is 0 Å². The van der Waals surface area contributed by atoms with E-state index >= 15 is 0 Å². The molecule has 4 heteroatoms. The highest BCUT2D eigenvalue weighted by Crippen LogP contribution is 2.36. The summed E-state index contributed by atoms with van der Waals surface area (Å²) in [6.45, 7) is 6.80. The second kappa shape index (κ2) is 4.82. The molecule has 1 saturated carbocycles. The Labute approximate surface area is 110 Å². The van der Waals surface area contributed by atoms with Crippen molar-refractivity contribution in [2.45, 2.75) is 58.9 Å². The number of nitrogens with zero attached hydrogens (tertiary/aromatic N) is 2. The van der Waals surface area contributed by atoms with Gasteiger partial charge in [0, 0.05) is 13.1 Å². The normalized spacial score (nSPS) is 20.0. The molecule has 0 radical (unpaired) electrons. The van der Waals surface area contributed by atoms with Crippen molar-refractivity contribution in [3.63, 3.8) is 0 Å². The number of hydrogen-bond acceptors (Lipinski definition) is 3. The van der Waals surface area contributed by atoms with Gasteiger partial charge in [0.15, 0.2) is 0 Å². The summed E-state index contributed by atoms with van der Waals surface area (Å²) < 4.78 is 1.88. The summed E-state index contributed by atoms with van der Waals surface area (Å²) in [4.78, 5) is 0. The largest absolute Gasteiger partial charge is 0.394 e. The molecular formula is C14H26N4. The van der Waals surface area contributed by atoms with Gasteiger partial charge in [-0.25, -0.2) is 0 Å². The average molecular weight is 250 g/mol. The molecule has 102 valence electrons. The fraction of sp³-hybridized carbons (Fsp3) is 0.786. The number of anilines is 2. The number of rotatable bonds is 3. The molecule has 1 aliphatic rings. The Kier molecular flexibility index (Phi) is 3.55. The molecule has 3 N–H and O–H groups in total. The van der Waals surface area contributed by atoms with Crippen LogP contribution in [0.1, 0.15) is 52.1 Å². The first kappa shape index (κ1) is 13.2. The van der Waals surface area contributed by atoms with Crippen LogP contribution in [0.15, 0.2) is 0 Å². The van der Waals surface area contributed by atoms with Gasteiger partial charge in [-0.05, 0) is 37.5 Å². The Morgan fingerprint density at radius 2 is 2.00 bits per heavy atom. The van der Waals surface area contributed by atoms with Gasteiger partial charge < -0.3 is 11.1 Å². The smallest absolute Gasteiger partial charge is 0.147 e. The Morgan fingerprint density at radius 1 is 1.39 bits per heavy atom. The highest BCUT2D eigenvalue weighted by molar-refractivity contribution is 5.65. The van der Waals surface area contributed by atoms with Crippen LogP contribution in [-0.2, 0) is 13.5 Å². The van der Waals surface area contributed by atoms with Crippen LogP contribution in [0.25, 0.3) is 0 Å². The SMILES string of the molecule is CCc1nn(C)c(NC2CCC(C)(C)CC2)c1N. The number of hydrogen-bond donors (Lipinski definition) is 2. The third-order valence-electron chi connectivity index (χ3n) is 4.18. The third kappa shape index (κ3) is 2.62. The molecule has 0 saturated heterocycles. The number of nitrogen functional groups attached to an aromatic ring is 1. The highest BCUT2D eigenvalue weighted by Gasteiger charge is 2.27. The predicted octanol–water partition coefficient (Wildman–Crippen LogP) is 2.95. The second-order valence-corrected chi connectivity index (χ2v) is 6.27. The zero-order chi connectivity index (χ0) is 13.3. The van der Waals surface area contributed by atoms with E-state index in [1.54, 1.807) is 0 Å². The van der Waals surface area contributed by atoms with Crippen molar-refractivity contribution >= 4 is 11.5 Å². The van der Waals surface area contributed by atoms with E-state index in [1.807, 2.05) is 11.7 Å². The summed E-state index contributed by atoms with van der Waals surface area (Å²) in [7, 11) is 1.96.